The Morgan fingerprint density at radius 2 is 2.16 bits per heavy atom. The number of carbonyl (C=O) groups excluding carboxylic acids is 2. The molecular formula is C20H24N2O3. The normalized spacial score (nSPS) is 15.1. The third-order valence-electron chi connectivity index (χ3n) is 4.57. The topological polar surface area (TPSA) is 72.2 Å². The summed E-state index contributed by atoms with van der Waals surface area (Å²) in [6.07, 6.45) is 6.26. The highest BCUT2D eigenvalue weighted by molar-refractivity contribution is 6.10. The van der Waals surface area contributed by atoms with E-state index in [-0.39, 0.29) is 17.7 Å². The molecule has 0 saturated heterocycles. The number of furan rings is 1. The Labute approximate surface area is 147 Å². The summed E-state index contributed by atoms with van der Waals surface area (Å²) >= 11 is 0. The zero-order chi connectivity index (χ0) is 18.0. The van der Waals surface area contributed by atoms with Crippen LogP contribution >= 0.6 is 0 Å². The number of pyridine rings is 1. The minimum Gasteiger partial charge on any atom is -0.465 e. The van der Waals surface area contributed by atoms with Crippen LogP contribution in [0.15, 0.2) is 28.9 Å². The van der Waals surface area contributed by atoms with Crippen LogP contribution in [-0.4, -0.2) is 16.7 Å². The van der Waals surface area contributed by atoms with Gasteiger partial charge in [-0.2, -0.15) is 0 Å². The van der Waals surface area contributed by atoms with Gasteiger partial charge in [-0.15, -0.1) is 0 Å². The van der Waals surface area contributed by atoms with Crippen molar-refractivity contribution in [2.24, 2.45) is 5.92 Å². The molecule has 1 aliphatic rings. The summed E-state index contributed by atoms with van der Waals surface area (Å²) < 4.78 is 5.70. The summed E-state index contributed by atoms with van der Waals surface area (Å²) in [5.41, 5.74) is 1.85. The van der Waals surface area contributed by atoms with E-state index in [1.807, 2.05) is 12.1 Å². The molecule has 2 heterocycles. The second-order valence-corrected chi connectivity index (χ2v) is 7.05. The van der Waals surface area contributed by atoms with Crippen LogP contribution in [0.3, 0.4) is 0 Å². The second kappa shape index (κ2) is 7.21. The molecule has 0 radical (unpaired) electrons. The van der Waals surface area contributed by atoms with Crippen LogP contribution in [0.25, 0.3) is 0 Å². The lowest BCUT2D eigenvalue weighted by molar-refractivity contribution is 0.0912. The van der Waals surface area contributed by atoms with Crippen molar-refractivity contribution in [3.8, 4) is 0 Å². The van der Waals surface area contributed by atoms with Gasteiger partial charge in [0.25, 0.3) is 5.91 Å². The van der Waals surface area contributed by atoms with E-state index in [0.29, 0.717) is 41.4 Å². The predicted molar refractivity (Wildman–Crippen MR) is 94.6 cm³/mol. The van der Waals surface area contributed by atoms with Crippen molar-refractivity contribution in [1.82, 2.24) is 10.3 Å². The van der Waals surface area contributed by atoms with Crippen molar-refractivity contribution in [1.29, 1.82) is 0 Å². The molecule has 1 amide bonds. The molecule has 0 fully saturated rings. The zero-order valence-electron chi connectivity index (χ0n) is 15.0. The average Bonchev–Trinajstić information content (AvgIpc) is 2.92. The van der Waals surface area contributed by atoms with E-state index in [4.69, 9.17) is 4.42 Å². The monoisotopic (exact) mass is 340 g/mol. The quantitative estimate of drug-likeness (QED) is 0.892. The number of nitrogens with zero attached hydrogens (tertiary/aromatic N) is 1. The van der Waals surface area contributed by atoms with Crippen LogP contribution in [0.1, 0.15) is 77.0 Å². The van der Waals surface area contributed by atoms with E-state index in [9.17, 15) is 9.59 Å². The highest BCUT2D eigenvalue weighted by atomic mass is 16.3. The molecule has 1 N–H and O–H groups in total. The largest absolute Gasteiger partial charge is 0.465 e. The van der Waals surface area contributed by atoms with Crippen molar-refractivity contribution in [2.45, 2.75) is 52.5 Å². The van der Waals surface area contributed by atoms with Gasteiger partial charge in [0.15, 0.2) is 5.78 Å². The Morgan fingerprint density at radius 1 is 1.36 bits per heavy atom. The van der Waals surface area contributed by atoms with Crippen molar-refractivity contribution < 1.29 is 14.0 Å². The molecule has 1 aliphatic carbocycles. The molecule has 25 heavy (non-hydrogen) atoms. The second-order valence-electron chi connectivity index (χ2n) is 7.05. The lowest BCUT2D eigenvalue weighted by Gasteiger charge is -2.21. The number of amides is 1. The molecule has 132 valence electrons. The molecule has 0 aliphatic heterocycles. The fourth-order valence-electron chi connectivity index (χ4n) is 3.44. The van der Waals surface area contributed by atoms with Crippen molar-refractivity contribution >= 4 is 11.7 Å². The molecule has 0 spiro atoms. The van der Waals surface area contributed by atoms with E-state index >= 15 is 0 Å². The molecule has 1 atom stereocenters. The number of aromatic nitrogens is 1. The van der Waals surface area contributed by atoms with Gasteiger partial charge in [0.1, 0.15) is 11.5 Å². The molecule has 0 saturated carbocycles. The van der Waals surface area contributed by atoms with E-state index in [1.165, 1.54) is 0 Å². The molecule has 0 unspecified atom stereocenters. The van der Waals surface area contributed by atoms with Crippen LogP contribution in [0, 0.1) is 12.8 Å². The van der Waals surface area contributed by atoms with Gasteiger partial charge < -0.3 is 9.73 Å². The highest BCUT2D eigenvalue weighted by Crippen LogP contribution is 2.30. The lowest BCUT2D eigenvalue weighted by Crippen LogP contribution is -2.31. The summed E-state index contributed by atoms with van der Waals surface area (Å²) in [5, 5.41) is 3.09. The first-order valence-corrected chi connectivity index (χ1v) is 8.83. The van der Waals surface area contributed by atoms with Gasteiger partial charge >= 0.3 is 0 Å². The summed E-state index contributed by atoms with van der Waals surface area (Å²) in [6.45, 7) is 5.98. The summed E-state index contributed by atoms with van der Waals surface area (Å²) in [7, 11) is 0. The summed E-state index contributed by atoms with van der Waals surface area (Å²) in [4.78, 5) is 29.4. The van der Waals surface area contributed by atoms with Gasteiger partial charge in [-0.05, 0) is 37.3 Å². The van der Waals surface area contributed by atoms with Gasteiger partial charge in [-0.25, -0.2) is 0 Å². The number of hydrogen-bond acceptors (Lipinski definition) is 4. The number of Topliss-reactive ketones (excluding diaryl/α,β-unsaturated/α-hetero) is 1. The van der Waals surface area contributed by atoms with E-state index < -0.39 is 0 Å². The first-order valence-electron chi connectivity index (χ1n) is 8.83. The SMILES string of the molecule is Cc1oc2c(c1C(=O)N[C@@H](CC(C)C)c1cccnc1)C(=O)CCC2. The Balaban J connectivity index is 1.90. The Kier molecular flexibility index (Phi) is 5.02. The Morgan fingerprint density at radius 3 is 2.84 bits per heavy atom. The third-order valence-corrected chi connectivity index (χ3v) is 4.57. The van der Waals surface area contributed by atoms with E-state index in [2.05, 4.69) is 24.1 Å². The number of carbonyl (C=O) groups is 2. The van der Waals surface area contributed by atoms with Crippen molar-refractivity contribution in [2.75, 3.05) is 0 Å². The van der Waals surface area contributed by atoms with Crippen LogP contribution in [-0.2, 0) is 6.42 Å². The molecular weight excluding hydrogens is 316 g/mol. The first kappa shape index (κ1) is 17.4. The van der Waals surface area contributed by atoms with Crippen LogP contribution in [0.2, 0.25) is 0 Å². The number of ketones is 1. The smallest absolute Gasteiger partial charge is 0.256 e. The molecule has 3 rings (SSSR count). The minimum absolute atomic E-state index is 0.00466. The molecule has 0 aromatic carbocycles. The van der Waals surface area contributed by atoms with Gasteiger partial charge in [0.2, 0.25) is 0 Å². The molecule has 2 aromatic heterocycles. The van der Waals surface area contributed by atoms with Crippen molar-refractivity contribution in [3.63, 3.8) is 0 Å². The van der Waals surface area contributed by atoms with Crippen LogP contribution in [0.5, 0.6) is 0 Å². The number of fused-ring (bicyclic) bond motifs is 1. The fourth-order valence-corrected chi connectivity index (χ4v) is 3.44. The third kappa shape index (κ3) is 3.65. The van der Waals surface area contributed by atoms with Crippen LogP contribution in [0.4, 0.5) is 0 Å². The maximum absolute atomic E-state index is 13.0. The molecule has 0 bridgehead atoms. The van der Waals surface area contributed by atoms with Gasteiger partial charge in [0.05, 0.1) is 17.2 Å². The Bertz CT molecular complexity index is 778. The standard InChI is InChI=1S/C20H24N2O3/c1-12(2)10-15(14-6-5-9-21-11-14)22-20(24)18-13(3)25-17-8-4-7-16(23)19(17)18/h5-6,9,11-12,15H,4,7-8,10H2,1-3H3,(H,22,24)/t15-/m0/s1. The van der Waals surface area contributed by atoms with E-state index in [1.54, 1.807) is 19.3 Å². The molecule has 5 nitrogen and oxygen atoms in total. The number of rotatable bonds is 5. The van der Waals surface area contributed by atoms with Crippen molar-refractivity contribution in [3.05, 3.63) is 52.7 Å². The maximum atomic E-state index is 13.0. The summed E-state index contributed by atoms with van der Waals surface area (Å²) in [6, 6.07) is 3.68. The van der Waals surface area contributed by atoms with Gasteiger partial charge in [-0.1, -0.05) is 19.9 Å². The van der Waals surface area contributed by atoms with Crippen LogP contribution < -0.4 is 5.32 Å². The zero-order valence-corrected chi connectivity index (χ0v) is 15.0. The molecule has 5 heteroatoms. The Hall–Kier alpha value is -2.43. The predicted octanol–water partition coefficient (Wildman–Crippen LogP) is 4.02. The van der Waals surface area contributed by atoms with Gasteiger partial charge in [0, 0.05) is 25.2 Å². The first-order chi connectivity index (χ1) is 12.0. The van der Waals surface area contributed by atoms with E-state index in [0.717, 1.165) is 18.4 Å². The number of aryl methyl sites for hydroxylation is 2. The summed E-state index contributed by atoms with van der Waals surface area (Å²) in [5.74, 6) is 1.34. The lowest BCUT2D eigenvalue weighted by atomic mass is 9.92. The van der Waals surface area contributed by atoms with Gasteiger partial charge in [-0.3, -0.25) is 14.6 Å². The highest BCUT2D eigenvalue weighted by Gasteiger charge is 2.31. The fraction of sp³-hybridized carbons (Fsp3) is 0.450. The average molecular weight is 340 g/mol. The maximum Gasteiger partial charge on any atom is 0.256 e. The molecule has 2 aromatic rings. The number of nitrogens with one attached hydrogen (secondary N) is 1. The number of hydrogen-bond donors (Lipinski definition) is 1. The minimum atomic E-state index is -0.243.